The van der Waals surface area contributed by atoms with Gasteiger partial charge in [-0.3, -0.25) is 0 Å². The van der Waals surface area contributed by atoms with E-state index < -0.39 is 0 Å². The number of aromatic nitrogens is 1. The Hall–Kier alpha value is -0.220. The summed E-state index contributed by atoms with van der Waals surface area (Å²) in [4.78, 5) is 4.33. The molecule has 1 aromatic heterocycles. The molecule has 1 saturated carbocycles. The zero-order chi connectivity index (χ0) is 9.97. The van der Waals surface area contributed by atoms with Gasteiger partial charge in [-0.15, -0.1) is 11.8 Å². The van der Waals surface area contributed by atoms with Gasteiger partial charge in [0.15, 0.2) is 0 Å². The first kappa shape index (κ1) is 10.3. The molecular weight excluding hydrogens is 260 g/mol. The van der Waals surface area contributed by atoms with Crippen LogP contribution in [0.1, 0.15) is 25.7 Å². The predicted molar refractivity (Wildman–Crippen MR) is 64.5 cm³/mol. The normalized spacial score (nSPS) is 17.5. The quantitative estimate of drug-likeness (QED) is 0.896. The van der Waals surface area contributed by atoms with Gasteiger partial charge in [-0.2, -0.15) is 0 Å². The van der Waals surface area contributed by atoms with Crippen LogP contribution in [0.25, 0.3) is 0 Å². The van der Waals surface area contributed by atoms with Crippen molar-refractivity contribution >= 4 is 33.4 Å². The lowest BCUT2D eigenvalue weighted by Crippen LogP contribution is -1.98. The van der Waals surface area contributed by atoms with Crippen LogP contribution in [0.3, 0.4) is 0 Å². The molecule has 4 heteroatoms. The highest BCUT2D eigenvalue weighted by Crippen LogP contribution is 2.36. The van der Waals surface area contributed by atoms with E-state index >= 15 is 0 Å². The van der Waals surface area contributed by atoms with Crippen molar-refractivity contribution in [2.75, 3.05) is 5.73 Å². The Kier molecular flexibility index (Phi) is 3.34. The van der Waals surface area contributed by atoms with E-state index in [1.807, 2.05) is 24.0 Å². The van der Waals surface area contributed by atoms with E-state index in [-0.39, 0.29) is 0 Å². The fourth-order valence-corrected chi connectivity index (χ4v) is 3.25. The highest BCUT2D eigenvalue weighted by atomic mass is 79.9. The number of nitrogens with zero attached hydrogens (tertiary/aromatic N) is 1. The molecule has 1 aliphatic carbocycles. The van der Waals surface area contributed by atoms with Crippen LogP contribution >= 0.6 is 27.7 Å². The van der Waals surface area contributed by atoms with Gasteiger partial charge in [-0.1, -0.05) is 12.8 Å². The predicted octanol–water partition coefficient (Wildman–Crippen LogP) is 3.46. The van der Waals surface area contributed by atoms with Crippen molar-refractivity contribution in [1.29, 1.82) is 0 Å². The second-order valence-corrected chi connectivity index (χ2v) is 5.78. The Labute approximate surface area is 96.8 Å². The van der Waals surface area contributed by atoms with Crippen molar-refractivity contribution in [3.8, 4) is 0 Å². The topological polar surface area (TPSA) is 38.9 Å². The van der Waals surface area contributed by atoms with E-state index in [0.29, 0.717) is 0 Å². The Morgan fingerprint density at radius 3 is 2.79 bits per heavy atom. The number of hydrogen-bond donors (Lipinski definition) is 1. The Morgan fingerprint density at radius 2 is 2.14 bits per heavy atom. The molecule has 2 N–H and O–H groups in total. The molecule has 0 spiro atoms. The molecule has 0 aliphatic heterocycles. The molecule has 0 unspecified atom stereocenters. The Balaban J connectivity index is 2.08. The van der Waals surface area contributed by atoms with Crippen LogP contribution in [-0.4, -0.2) is 10.2 Å². The molecule has 14 heavy (non-hydrogen) atoms. The molecule has 1 heterocycles. The van der Waals surface area contributed by atoms with Crippen LogP contribution in [0.2, 0.25) is 0 Å². The number of nitrogens with two attached hydrogens (primary N) is 1. The number of hydrogen-bond acceptors (Lipinski definition) is 3. The first-order chi connectivity index (χ1) is 6.75. The van der Waals surface area contributed by atoms with Gasteiger partial charge in [0.1, 0.15) is 5.03 Å². The number of pyridine rings is 1. The number of halogens is 1. The summed E-state index contributed by atoms with van der Waals surface area (Å²) in [6.07, 6.45) is 7.14. The number of anilines is 1. The summed E-state index contributed by atoms with van der Waals surface area (Å²) in [5, 5.41) is 1.71. The third-order valence-electron chi connectivity index (χ3n) is 2.43. The molecule has 76 valence electrons. The molecule has 0 bridgehead atoms. The highest BCUT2D eigenvalue weighted by Gasteiger charge is 2.17. The first-order valence-electron chi connectivity index (χ1n) is 4.83. The van der Waals surface area contributed by atoms with Gasteiger partial charge in [0, 0.05) is 15.9 Å². The lowest BCUT2D eigenvalue weighted by molar-refractivity contribution is 0.886. The Morgan fingerprint density at radius 1 is 1.43 bits per heavy atom. The largest absolute Gasteiger partial charge is 0.397 e. The minimum atomic E-state index is 0.728. The minimum Gasteiger partial charge on any atom is -0.397 e. The highest BCUT2D eigenvalue weighted by molar-refractivity contribution is 9.10. The molecule has 0 saturated heterocycles. The van der Waals surface area contributed by atoms with Gasteiger partial charge in [-0.25, -0.2) is 4.98 Å². The molecule has 1 fully saturated rings. The van der Waals surface area contributed by atoms with E-state index in [4.69, 9.17) is 5.73 Å². The van der Waals surface area contributed by atoms with Crippen molar-refractivity contribution < 1.29 is 0 Å². The van der Waals surface area contributed by atoms with Gasteiger partial charge >= 0.3 is 0 Å². The Bertz CT molecular complexity index is 324. The van der Waals surface area contributed by atoms with Crippen LogP contribution in [-0.2, 0) is 0 Å². The fraction of sp³-hybridized carbons (Fsp3) is 0.500. The molecule has 1 aromatic rings. The van der Waals surface area contributed by atoms with Gasteiger partial charge in [0.05, 0.1) is 5.69 Å². The first-order valence-corrected chi connectivity index (χ1v) is 6.50. The summed E-state index contributed by atoms with van der Waals surface area (Å²) in [5.74, 6) is 0. The molecular formula is C10H13BrN2S. The van der Waals surface area contributed by atoms with Gasteiger partial charge in [0.2, 0.25) is 0 Å². The minimum absolute atomic E-state index is 0.728. The zero-order valence-electron chi connectivity index (χ0n) is 7.87. The SMILES string of the molecule is Nc1cc(Br)cnc1SC1CCCC1. The summed E-state index contributed by atoms with van der Waals surface area (Å²) in [5.41, 5.74) is 6.67. The maximum atomic E-state index is 5.89. The number of nitrogen functional groups attached to an aromatic ring is 1. The summed E-state index contributed by atoms with van der Waals surface area (Å²) >= 11 is 5.19. The van der Waals surface area contributed by atoms with E-state index in [0.717, 1.165) is 20.4 Å². The maximum Gasteiger partial charge on any atom is 0.119 e. The lowest BCUT2D eigenvalue weighted by Gasteiger charge is -2.09. The van der Waals surface area contributed by atoms with Gasteiger partial charge < -0.3 is 5.73 Å². The molecule has 0 atom stereocenters. The van der Waals surface area contributed by atoms with Crippen molar-refractivity contribution in [2.24, 2.45) is 0 Å². The lowest BCUT2D eigenvalue weighted by atomic mass is 10.4. The van der Waals surface area contributed by atoms with E-state index in [2.05, 4.69) is 20.9 Å². The van der Waals surface area contributed by atoms with E-state index in [1.165, 1.54) is 25.7 Å². The summed E-state index contributed by atoms with van der Waals surface area (Å²) in [6.45, 7) is 0. The molecule has 1 aliphatic rings. The fourth-order valence-electron chi connectivity index (χ4n) is 1.70. The smallest absolute Gasteiger partial charge is 0.119 e. The van der Waals surface area contributed by atoms with Crippen LogP contribution < -0.4 is 5.73 Å². The summed E-state index contributed by atoms with van der Waals surface area (Å²) < 4.78 is 0.950. The molecule has 0 radical (unpaired) electrons. The van der Waals surface area contributed by atoms with Crippen molar-refractivity contribution in [3.05, 3.63) is 16.7 Å². The third kappa shape index (κ3) is 2.42. The molecule has 0 aromatic carbocycles. The van der Waals surface area contributed by atoms with Crippen LogP contribution in [0, 0.1) is 0 Å². The molecule has 2 rings (SSSR count). The van der Waals surface area contributed by atoms with Gasteiger partial charge in [-0.05, 0) is 34.8 Å². The van der Waals surface area contributed by atoms with Crippen molar-refractivity contribution in [2.45, 2.75) is 36.0 Å². The number of rotatable bonds is 2. The van der Waals surface area contributed by atoms with Gasteiger partial charge in [0.25, 0.3) is 0 Å². The van der Waals surface area contributed by atoms with Crippen LogP contribution in [0.15, 0.2) is 21.8 Å². The monoisotopic (exact) mass is 272 g/mol. The van der Waals surface area contributed by atoms with E-state index in [1.54, 1.807) is 0 Å². The number of thioether (sulfide) groups is 1. The summed E-state index contributed by atoms with van der Waals surface area (Å²) in [6, 6.07) is 1.92. The third-order valence-corrected chi connectivity index (χ3v) is 4.23. The molecule has 2 nitrogen and oxygen atoms in total. The van der Waals surface area contributed by atoms with Crippen LogP contribution in [0.4, 0.5) is 5.69 Å². The average molecular weight is 273 g/mol. The standard InChI is InChI=1S/C10H13BrN2S/c11-7-5-9(12)10(13-6-7)14-8-3-1-2-4-8/h5-6,8H,1-4,12H2. The van der Waals surface area contributed by atoms with Crippen LogP contribution in [0.5, 0.6) is 0 Å². The average Bonchev–Trinajstić information content (AvgIpc) is 2.62. The van der Waals surface area contributed by atoms with Crippen molar-refractivity contribution in [1.82, 2.24) is 4.98 Å². The maximum absolute atomic E-state index is 5.89. The second-order valence-electron chi connectivity index (χ2n) is 3.57. The summed E-state index contributed by atoms with van der Waals surface area (Å²) in [7, 11) is 0. The van der Waals surface area contributed by atoms with E-state index in [9.17, 15) is 0 Å². The van der Waals surface area contributed by atoms with Crippen molar-refractivity contribution in [3.63, 3.8) is 0 Å². The molecule has 0 amide bonds. The zero-order valence-corrected chi connectivity index (χ0v) is 10.3. The second kappa shape index (κ2) is 4.53.